The third kappa shape index (κ3) is 1.72. The van der Waals surface area contributed by atoms with Gasteiger partial charge in [-0.05, 0) is 18.8 Å². The van der Waals surface area contributed by atoms with E-state index in [1.165, 1.54) is 6.42 Å². The quantitative estimate of drug-likeness (QED) is 0.467. The Hall–Kier alpha value is -0.530. The van der Waals surface area contributed by atoms with Crippen LogP contribution in [0.1, 0.15) is 26.7 Å². The summed E-state index contributed by atoms with van der Waals surface area (Å²) in [5, 5.41) is 0. The summed E-state index contributed by atoms with van der Waals surface area (Å²) in [6, 6.07) is 0. The second-order valence-corrected chi connectivity index (χ2v) is 3.13. The molecule has 2 heteroatoms. The minimum atomic E-state index is 0.617. The summed E-state index contributed by atoms with van der Waals surface area (Å²) in [5.74, 6) is 2.29. The van der Waals surface area contributed by atoms with Gasteiger partial charge in [-0.25, -0.2) is 0 Å². The van der Waals surface area contributed by atoms with Gasteiger partial charge in [0.2, 0.25) is 0 Å². The summed E-state index contributed by atoms with van der Waals surface area (Å²) in [4.78, 5) is 4.25. The lowest BCUT2D eigenvalue weighted by molar-refractivity contribution is 0.884. The molecular weight excluding hydrogens is 124 g/mol. The predicted octanol–water partition coefficient (Wildman–Crippen LogP) is 1.41. The van der Waals surface area contributed by atoms with Gasteiger partial charge < -0.3 is 5.73 Å². The molecule has 0 amide bonds. The van der Waals surface area contributed by atoms with Crippen molar-refractivity contribution in [3.05, 3.63) is 0 Å². The highest BCUT2D eigenvalue weighted by Crippen LogP contribution is 2.37. The van der Waals surface area contributed by atoms with Gasteiger partial charge in [-0.1, -0.05) is 13.8 Å². The summed E-state index contributed by atoms with van der Waals surface area (Å²) < 4.78 is 0. The Balaban J connectivity index is 2.26. The first kappa shape index (κ1) is 7.58. The second-order valence-electron chi connectivity index (χ2n) is 3.13. The van der Waals surface area contributed by atoms with Crippen LogP contribution in [0.2, 0.25) is 0 Å². The first-order chi connectivity index (χ1) is 4.75. The zero-order chi connectivity index (χ0) is 7.56. The second kappa shape index (κ2) is 3.04. The van der Waals surface area contributed by atoms with E-state index >= 15 is 0 Å². The summed E-state index contributed by atoms with van der Waals surface area (Å²) in [5.41, 5.74) is 5.71. The average Bonchev–Trinajstić information content (AvgIpc) is 2.62. The molecule has 2 nitrogen and oxygen atoms in total. The maximum atomic E-state index is 5.71. The van der Waals surface area contributed by atoms with Crippen molar-refractivity contribution in [2.75, 3.05) is 6.54 Å². The zero-order valence-electron chi connectivity index (χ0n) is 6.80. The first-order valence-electron chi connectivity index (χ1n) is 4.05. The molecule has 0 heterocycles. The molecule has 0 spiro atoms. The van der Waals surface area contributed by atoms with E-state index < -0.39 is 0 Å². The molecule has 0 aromatic carbocycles. The maximum Gasteiger partial charge on any atom is 0.0971 e. The van der Waals surface area contributed by atoms with Gasteiger partial charge in [0, 0.05) is 12.5 Å². The SMILES string of the molecule is CCCN=C(N)C1CC1C. The van der Waals surface area contributed by atoms with Crippen molar-refractivity contribution >= 4 is 5.84 Å². The summed E-state index contributed by atoms with van der Waals surface area (Å²) in [6.45, 7) is 5.24. The van der Waals surface area contributed by atoms with Gasteiger partial charge in [0.05, 0.1) is 5.84 Å². The van der Waals surface area contributed by atoms with Crippen molar-refractivity contribution < 1.29 is 0 Å². The number of aliphatic imine (C=N–C) groups is 1. The lowest BCUT2D eigenvalue weighted by atomic mass is 10.3. The Morgan fingerprint density at radius 3 is 2.70 bits per heavy atom. The number of nitrogens with two attached hydrogens (primary N) is 1. The highest BCUT2D eigenvalue weighted by molar-refractivity contribution is 5.85. The van der Waals surface area contributed by atoms with Crippen LogP contribution in [-0.4, -0.2) is 12.4 Å². The van der Waals surface area contributed by atoms with Crippen LogP contribution >= 0.6 is 0 Å². The molecule has 0 aromatic heterocycles. The van der Waals surface area contributed by atoms with Crippen molar-refractivity contribution in [3.8, 4) is 0 Å². The lowest BCUT2D eigenvalue weighted by Crippen LogP contribution is -2.15. The number of nitrogens with zero attached hydrogens (tertiary/aromatic N) is 1. The van der Waals surface area contributed by atoms with Crippen LogP contribution in [0.3, 0.4) is 0 Å². The van der Waals surface area contributed by atoms with Gasteiger partial charge in [-0.3, -0.25) is 4.99 Å². The van der Waals surface area contributed by atoms with Crippen LogP contribution in [0.4, 0.5) is 0 Å². The number of rotatable bonds is 3. The van der Waals surface area contributed by atoms with Crippen molar-refractivity contribution in [1.29, 1.82) is 0 Å². The van der Waals surface area contributed by atoms with E-state index in [2.05, 4.69) is 18.8 Å². The molecule has 0 aromatic rings. The molecule has 2 N–H and O–H groups in total. The van der Waals surface area contributed by atoms with E-state index in [9.17, 15) is 0 Å². The molecular formula is C8H16N2. The van der Waals surface area contributed by atoms with Gasteiger partial charge in [-0.15, -0.1) is 0 Å². The van der Waals surface area contributed by atoms with Gasteiger partial charge >= 0.3 is 0 Å². The third-order valence-corrected chi connectivity index (χ3v) is 2.01. The van der Waals surface area contributed by atoms with Crippen LogP contribution in [-0.2, 0) is 0 Å². The molecule has 1 rings (SSSR count). The van der Waals surface area contributed by atoms with E-state index in [1.54, 1.807) is 0 Å². The zero-order valence-corrected chi connectivity index (χ0v) is 6.80. The molecule has 2 unspecified atom stereocenters. The smallest absolute Gasteiger partial charge is 0.0971 e. The molecule has 0 radical (unpaired) electrons. The molecule has 10 heavy (non-hydrogen) atoms. The summed E-state index contributed by atoms with van der Waals surface area (Å²) in [6.07, 6.45) is 2.35. The monoisotopic (exact) mass is 140 g/mol. The molecule has 1 saturated carbocycles. The standard InChI is InChI=1S/C8H16N2/c1-3-4-10-8(9)7-5-6(7)2/h6-7H,3-5H2,1-2H3,(H2,9,10). The topological polar surface area (TPSA) is 38.4 Å². The van der Waals surface area contributed by atoms with Gasteiger partial charge in [0.15, 0.2) is 0 Å². The molecule has 0 saturated heterocycles. The highest BCUT2D eigenvalue weighted by Gasteiger charge is 2.35. The van der Waals surface area contributed by atoms with E-state index in [0.717, 1.165) is 24.7 Å². The number of hydrogen-bond donors (Lipinski definition) is 1. The third-order valence-electron chi connectivity index (χ3n) is 2.01. The van der Waals surface area contributed by atoms with Gasteiger partial charge in [0.25, 0.3) is 0 Å². The molecule has 1 aliphatic carbocycles. The minimum Gasteiger partial charge on any atom is -0.387 e. The van der Waals surface area contributed by atoms with Crippen LogP contribution < -0.4 is 5.73 Å². The van der Waals surface area contributed by atoms with Crippen molar-refractivity contribution in [1.82, 2.24) is 0 Å². The highest BCUT2D eigenvalue weighted by atomic mass is 14.9. The first-order valence-corrected chi connectivity index (χ1v) is 4.05. The number of hydrogen-bond acceptors (Lipinski definition) is 1. The Morgan fingerprint density at radius 1 is 1.70 bits per heavy atom. The molecule has 1 aliphatic rings. The molecule has 0 bridgehead atoms. The Morgan fingerprint density at radius 2 is 2.30 bits per heavy atom. The summed E-state index contributed by atoms with van der Waals surface area (Å²) in [7, 11) is 0. The fraction of sp³-hybridized carbons (Fsp3) is 0.875. The maximum absolute atomic E-state index is 5.71. The average molecular weight is 140 g/mol. The fourth-order valence-electron chi connectivity index (χ4n) is 1.09. The minimum absolute atomic E-state index is 0.617. The van der Waals surface area contributed by atoms with Crippen molar-refractivity contribution in [2.24, 2.45) is 22.6 Å². The van der Waals surface area contributed by atoms with Gasteiger partial charge in [0.1, 0.15) is 0 Å². The Labute approximate surface area is 62.5 Å². The lowest BCUT2D eigenvalue weighted by Gasteiger charge is -1.95. The number of amidine groups is 1. The van der Waals surface area contributed by atoms with Crippen LogP contribution in [0, 0.1) is 11.8 Å². The predicted molar refractivity (Wildman–Crippen MR) is 44.1 cm³/mol. The van der Waals surface area contributed by atoms with E-state index in [1.807, 2.05) is 0 Å². The van der Waals surface area contributed by atoms with Crippen LogP contribution in [0.15, 0.2) is 4.99 Å². The Kier molecular flexibility index (Phi) is 2.30. The molecule has 1 fully saturated rings. The van der Waals surface area contributed by atoms with E-state index in [4.69, 9.17) is 5.73 Å². The van der Waals surface area contributed by atoms with Crippen molar-refractivity contribution in [3.63, 3.8) is 0 Å². The van der Waals surface area contributed by atoms with E-state index in [0.29, 0.717) is 5.92 Å². The molecule has 0 aliphatic heterocycles. The molecule has 58 valence electrons. The van der Waals surface area contributed by atoms with Crippen LogP contribution in [0.5, 0.6) is 0 Å². The summed E-state index contributed by atoms with van der Waals surface area (Å²) >= 11 is 0. The Bertz CT molecular complexity index is 140. The fourth-order valence-corrected chi connectivity index (χ4v) is 1.09. The van der Waals surface area contributed by atoms with E-state index in [-0.39, 0.29) is 0 Å². The van der Waals surface area contributed by atoms with Crippen molar-refractivity contribution in [2.45, 2.75) is 26.7 Å². The van der Waals surface area contributed by atoms with Crippen LogP contribution in [0.25, 0.3) is 0 Å². The largest absolute Gasteiger partial charge is 0.387 e. The van der Waals surface area contributed by atoms with Gasteiger partial charge in [-0.2, -0.15) is 0 Å². The normalized spacial score (nSPS) is 32.4. The molecule has 2 atom stereocenters.